The van der Waals surface area contributed by atoms with Gasteiger partial charge in [-0.15, -0.1) is 6.58 Å². The smallest absolute Gasteiger partial charge is 0.0536 e. The second-order valence-corrected chi connectivity index (χ2v) is 10.5. The number of rotatable bonds is 7. The molecule has 1 heteroatoms. The quantitative estimate of drug-likeness (QED) is 0.442. The van der Waals surface area contributed by atoms with E-state index in [0.29, 0.717) is 5.92 Å². The van der Waals surface area contributed by atoms with Crippen molar-refractivity contribution in [1.29, 1.82) is 0 Å². The zero-order valence-electron chi connectivity index (χ0n) is 11.6. The van der Waals surface area contributed by atoms with Crippen LogP contribution in [0.4, 0.5) is 0 Å². The molecule has 0 aliphatic heterocycles. The van der Waals surface area contributed by atoms with E-state index in [2.05, 4.69) is 63.8 Å². The van der Waals surface area contributed by atoms with Crippen molar-refractivity contribution in [2.75, 3.05) is 0 Å². The van der Waals surface area contributed by atoms with Gasteiger partial charge in [0.05, 0.1) is 8.07 Å². The molecular weight excluding hydrogens is 220 g/mol. The van der Waals surface area contributed by atoms with Gasteiger partial charge in [-0.05, 0) is 17.5 Å². The molecule has 0 fully saturated rings. The first kappa shape index (κ1) is 14.2. The van der Waals surface area contributed by atoms with E-state index in [9.17, 15) is 0 Å². The Kier molecular flexibility index (Phi) is 5.70. The summed E-state index contributed by atoms with van der Waals surface area (Å²) in [5.41, 5.74) is 1.44. The monoisotopic (exact) mass is 246 g/mol. The van der Waals surface area contributed by atoms with Crippen LogP contribution in [0.3, 0.4) is 0 Å². The van der Waals surface area contributed by atoms with Gasteiger partial charge in [-0.25, -0.2) is 0 Å². The summed E-state index contributed by atoms with van der Waals surface area (Å²) in [7, 11) is -1.06. The molecule has 0 saturated heterocycles. The third-order valence-electron chi connectivity index (χ3n) is 4.42. The van der Waals surface area contributed by atoms with E-state index in [1.165, 1.54) is 29.7 Å². The van der Waals surface area contributed by atoms with Gasteiger partial charge >= 0.3 is 0 Å². The molecule has 1 rings (SSSR count). The topological polar surface area (TPSA) is 0 Å². The summed E-state index contributed by atoms with van der Waals surface area (Å²) in [5.74, 6) is 0.558. The first-order valence-electron chi connectivity index (χ1n) is 6.88. The molecule has 0 spiro atoms. The Bertz CT molecular complexity index is 316. The van der Waals surface area contributed by atoms with Crippen LogP contribution in [0, 0.1) is 0 Å². The van der Waals surface area contributed by atoms with Gasteiger partial charge in [-0.1, -0.05) is 75.3 Å². The summed E-state index contributed by atoms with van der Waals surface area (Å²) in [6.07, 6.45) is 2.15. The van der Waals surface area contributed by atoms with Crippen molar-refractivity contribution in [2.45, 2.75) is 50.9 Å². The minimum Gasteiger partial charge on any atom is -0.102 e. The number of allylic oxidation sites excluding steroid dienone is 1. The first-order chi connectivity index (χ1) is 8.21. The van der Waals surface area contributed by atoms with E-state index in [1.807, 2.05) is 0 Å². The maximum Gasteiger partial charge on any atom is 0.0536 e. The molecule has 0 nitrogen and oxygen atoms in total. The number of hydrogen-bond donors (Lipinski definition) is 0. The molecule has 94 valence electrons. The lowest BCUT2D eigenvalue weighted by atomic mass is 10.0. The lowest BCUT2D eigenvalue weighted by Crippen LogP contribution is -2.32. The van der Waals surface area contributed by atoms with E-state index >= 15 is 0 Å². The molecule has 0 aliphatic carbocycles. The molecule has 0 amide bonds. The fourth-order valence-electron chi connectivity index (χ4n) is 2.69. The van der Waals surface area contributed by atoms with E-state index in [1.54, 1.807) is 0 Å². The van der Waals surface area contributed by atoms with E-state index in [-0.39, 0.29) is 0 Å². The lowest BCUT2D eigenvalue weighted by molar-refractivity contribution is 0.911. The van der Waals surface area contributed by atoms with Crippen molar-refractivity contribution >= 4 is 8.07 Å². The molecule has 0 aliphatic rings. The van der Waals surface area contributed by atoms with Crippen molar-refractivity contribution in [1.82, 2.24) is 0 Å². The molecule has 1 atom stereocenters. The average molecular weight is 246 g/mol. The molecule has 0 radical (unpaired) electrons. The molecule has 17 heavy (non-hydrogen) atoms. The highest BCUT2D eigenvalue weighted by Gasteiger charge is 2.29. The Morgan fingerprint density at radius 3 is 2.00 bits per heavy atom. The Morgan fingerprint density at radius 1 is 1.06 bits per heavy atom. The predicted octanol–water partition coefficient (Wildman–Crippen LogP) is 5.46. The van der Waals surface area contributed by atoms with Gasteiger partial charge in [-0.2, -0.15) is 0 Å². The standard InChI is InChI=1S/C16H26Si/c1-5-15(16-12-10-9-11-13-16)14-17(6-2,7-3)8-4/h5,9-13,15H,1,6-8,14H2,2-4H3. The fraction of sp³-hybridized carbons (Fsp3) is 0.500. The van der Waals surface area contributed by atoms with E-state index < -0.39 is 8.07 Å². The van der Waals surface area contributed by atoms with Crippen LogP contribution in [-0.2, 0) is 0 Å². The molecule has 0 heterocycles. The Morgan fingerprint density at radius 2 is 1.59 bits per heavy atom. The van der Waals surface area contributed by atoms with Crippen LogP contribution in [0.2, 0.25) is 24.2 Å². The summed E-state index contributed by atoms with van der Waals surface area (Å²) >= 11 is 0. The van der Waals surface area contributed by atoms with Gasteiger partial charge in [0.2, 0.25) is 0 Å². The maximum atomic E-state index is 4.05. The SMILES string of the molecule is C=CC(C[Si](CC)(CC)CC)c1ccccc1. The third-order valence-corrected chi connectivity index (χ3v) is 10.2. The molecule has 0 saturated carbocycles. The minimum atomic E-state index is -1.06. The summed E-state index contributed by atoms with van der Waals surface area (Å²) in [6.45, 7) is 11.2. The maximum absolute atomic E-state index is 4.05. The zero-order chi connectivity index (χ0) is 12.7. The van der Waals surface area contributed by atoms with Crippen LogP contribution in [0.15, 0.2) is 43.0 Å². The highest BCUT2D eigenvalue weighted by molar-refractivity contribution is 6.79. The Labute approximate surface area is 108 Å². The molecular formula is C16H26Si. The first-order valence-corrected chi connectivity index (χ1v) is 9.71. The van der Waals surface area contributed by atoms with Crippen molar-refractivity contribution in [2.24, 2.45) is 0 Å². The van der Waals surface area contributed by atoms with Gasteiger partial charge in [0.25, 0.3) is 0 Å². The van der Waals surface area contributed by atoms with E-state index in [4.69, 9.17) is 0 Å². The van der Waals surface area contributed by atoms with Crippen molar-refractivity contribution in [3.63, 3.8) is 0 Å². The third kappa shape index (κ3) is 3.57. The van der Waals surface area contributed by atoms with E-state index in [0.717, 1.165) is 0 Å². The van der Waals surface area contributed by atoms with Crippen molar-refractivity contribution < 1.29 is 0 Å². The molecule has 1 aromatic carbocycles. The minimum absolute atomic E-state index is 0.558. The normalized spacial score (nSPS) is 13.4. The highest BCUT2D eigenvalue weighted by Crippen LogP contribution is 2.34. The fourth-order valence-corrected chi connectivity index (χ4v) is 6.39. The van der Waals surface area contributed by atoms with Crippen LogP contribution >= 0.6 is 0 Å². The predicted molar refractivity (Wildman–Crippen MR) is 81.4 cm³/mol. The molecule has 1 unspecified atom stereocenters. The van der Waals surface area contributed by atoms with Gasteiger partial charge in [0.1, 0.15) is 0 Å². The highest BCUT2D eigenvalue weighted by atomic mass is 28.3. The molecule has 0 bridgehead atoms. The number of benzene rings is 1. The van der Waals surface area contributed by atoms with Gasteiger partial charge in [0, 0.05) is 0 Å². The largest absolute Gasteiger partial charge is 0.102 e. The van der Waals surface area contributed by atoms with Crippen molar-refractivity contribution in [3.8, 4) is 0 Å². The Balaban J connectivity index is 2.86. The van der Waals surface area contributed by atoms with Gasteiger partial charge in [-0.3, -0.25) is 0 Å². The zero-order valence-corrected chi connectivity index (χ0v) is 12.6. The molecule has 1 aromatic rings. The Hall–Kier alpha value is -0.823. The summed E-state index contributed by atoms with van der Waals surface area (Å²) in [5, 5.41) is 0. The second kappa shape index (κ2) is 6.80. The van der Waals surface area contributed by atoms with Crippen LogP contribution in [0.1, 0.15) is 32.3 Å². The number of hydrogen-bond acceptors (Lipinski definition) is 0. The average Bonchev–Trinajstić information content (AvgIpc) is 2.42. The van der Waals surface area contributed by atoms with Crippen LogP contribution in [0.25, 0.3) is 0 Å². The van der Waals surface area contributed by atoms with Crippen molar-refractivity contribution in [3.05, 3.63) is 48.6 Å². The molecule has 0 aromatic heterocycles. The summed E-state index contributed by atoms with van der Waals surface area (Å²) < 4.78 is 0. The summed E-state index contributed by atoms with van der Waals surface area (Å²) in [4.78, 5) is 0. The van der Waals surface area contributed by atoms with Crippen LogP contribution in [-0.4, -0.2) is 8.07 Å². The van der Waals surface area contributed by atoms with Gasteiger partial charge in [0.15, 0.2) is 0 Å². The summed E-state index contributed by atoms with van der Waals surface area (Å²) in [6, 6.07) is 16.4. The lowest BCUT2D eigenvalue weighted by Gasteiger charge is -2.31. The molecule has 0 N–H and O–H groups in total. The van der Waals surface area contributed by atoms with Gasteiger partial charge < -0.3 is 0 Å². The van der Waals surface area contributed by atoms with Crippen LogP contribution < -0.4 is 0 Å². The van der Waals surface area contributed by atoms with Crippen LogP contribution in [0.5, 0.6) is 0 Å². The second-order valence-electron chi connectivity index (χ2n) is 5.02.